The highest BCUT2D eigenvalue weighted by Gasteiger charge is 2.39. The maximum Gasteiger partial charge on any atom is 0.406 e. The Morgan fingerprint density at radius 3 is 2.64 bits per heavy atom. The highest BCUT2D eigenvalue weighted by atomic mass is 15.0. The maximum absolute atomic E-state index is 8.92. The van der Waals surface area contributed by atoms with Crippen molar-refractivity contribution in [1.82, 2.24) is 0 Å². The molecule has 4 rings (SSSR count). The predicted octanol–water partition coefficient (Wildman–Crippen LogP) is 3.12. The van der Waals surface area contributed by atoms with Gasteiger partial charge in [-0.25, -0.2) is 11.4 Å². The molecule has 1 aliphatic rings. The number of aromatic nitrogens is 2. The Balaban J connectivity index is 1.97. The topological polar surface area (TPSA) is 35.9 Å². The molecule has 4 heteroatoms. The van der Waals surface area contributed by atoms with E-state index in [0.717, 1.165) is 5.39 Å². The summed E-state index contributed by atoms with van der Waals surface area (Å²) in [6.07, 6.45) is 8.11. The van der Waals surface area contributed by atoms with Crippen LogP contribution in [-0.2, 0) is 18.6 Å². The van der Waals surface area contributed by atoms with Crippen LogP contribution in [0.2, 0.25) is 0 Å². The van der Waals surface area contributed by atoms with Crippen LogP contribution in [-0.4, -0.2) is 0 Å². The molecule has 0 unspecified atom stereocenters. The average molecular weight is 326 g/mol. The van der Waals surface area contributed by atoms with Crippen LogP contribution in [0.1, 0.15) is 25.0 Å². The lowest BCUT2D eigenvalue weighted by molar-refractivity contribution is -0.688. The normalized spacial score (nSPS) is 13.8. The van der Waals surface area contributed by atoms with E-state index in [1.54, 1.807) is 0 Å². The number of hydrogen-bond donors (Lipinski definition) is 0. The number of fused-ring (bicyclic) bond motifs is 5. The quantitative estimate of drug-likeness (QED) is 0.526. The Morgan fingerprint density at radius 2 is 1.88 bits per heavy atom. The first-order valence-corrected chi connectivity index (χ1v) is 8.26. The summed E-state index contributed by atoms with van der Waals surface area (Å²) in [5, 5.41) is 11.3. The average Bonchev–Trinajstić information content (AvgIpc) is 2.83. The fraction of sp³-hybridized carbons (Fsp3) is 0.238. The number of benzene rings is 1. The molecule has 0 N–H and O–H groups in total. The summed E-state index contributed by atoms with van der Waals surface area (Å²) < 4.78 is 3.86. The van der Waals surface area contributed by atoms with Gasteiger partial charge in [-0.05, 0) is 28.1 Å². The van der Waals surface area contributed by atoms with Gasteiger partial charge in [0.1, 0.15) is 6.07 Å². The smallest absolute Gasteiger partial charge is 0.249 e. The molecule has 1 aliphatic carbocycles. The molecule has 0 saturated carbocycles. The Kier molecular flexibility index (Phi) is 3.30. The minimum atomic E-state index is -0.128. The van der Waals surface area contributed by atoms with Gasteiger partial charge in [0, 0.05) is 28.5 Å². The van der Waals surface area contributed by atoms with Crippen molar-refractivity contribution >= 4 is 10.8 Å². The summed E-state index contributed by atoms with van der Waals surface area (Å²) >= 11 is 0. The van der Waals surface area contributed by atoms with E-state index >= 15 is 0 Å². The molecular weight excluding hydrogens is 308 g/mol. The lowest BCUT2D eigenvalue weighted by Crippen LogP contribution is -2.33. The lowest BCUT2D eigenvalue weighted by atomic mass is 9.81. The van der Waals surface area contributed by atoms with E-state index < -0.39 is 0 Å². The minimum Gasteiger partial charge on any atom is -0.249 e. The van der Waals surface area contributed by atoms with Crippen LogP contribution in [0.15, 0.2) is 49.1 Å². The summed E-state index contributed by atoms with van der Waals surface area (Å²) in [5.41, 5.74) is 4.97. The lowest BCUT2D eigenvalue weighted by Gasteiger charge is -2.21. The Morgan fingerprint density at radius 1 is 1.08 bits per heavy atom. The molecule has 25 heavy (non-hydrogen) atoms. The van der Waals surface area contributed by atoms with Crippen molar-refractivity contribution in [1.29, 1.82) is 5.26 Å². The van der Waals surface area contributed by atoms with Gasteiger partial charge < -0.3 is 0 Å². The molecule has 2 heterocycles. The van der Waals surface area contributed by atoms with Gasteiger partial charge in [-0.2, -0.15) is 9.83 Å². The molecule has 0 bridgehead atoms. The van der Waals surface area contributed by atoms with E-state index in [1.807, 2.05) is 27.7 Å². The molecule has 1 aromatic carbocycles. The molecule has 120 valence electrons. The van der Waals surface area contributed by atoms with Crippen molar-refractivity contribution in [3.8, 4) is 17.2 Å². The number of nitriles is 1. The van der Waals surface area contributed by atoms with Crippen LogP contribution in [0.5, 0.6) is 0 Å². The zero-order valence-corrected chi connectivity index (χ0v) is 14.3. The number of nitrogens with zero attached hydrogens (tertiary/aromatic N) is 4. The zero-order chi connectivity index (χ0) is 17.6. The van der Waals surface area contributed by atoms with Crippen molar-refractivity contribution in [2.75, 3.05) is 0 Å². The highest BCUT2D eigenvalue weighted by molar-refractivity contribution is 5.96. The molecule has 3 aromatic rings. The Hall–Kier alpha value is -3.24. The molecule has 0 radical (unpaired) electrons. The predicted molar refractivity (Wildman–Crippen MR) is 94.1 cm³/mol. The fourth-order valence-corrected chi connectivity index (χ4v) is 3.97. The van der Waals surface area contributed by atoms with Gasteiger partial charge >= 0.3 is 6.67 Å². The van der Waals surface area contributed by atoms with Crippen molar-refractivity contribution in [2.45, 2.75) is 32.5 Å². The molecule has 2 aromatic heterocycles. The van der Waals surface area contributed by atoms with Gasteiger partial charge in [0.15, 0.2) is 24.8 Å². The first-order valence-electron chi connectivity index (χ1n) is 8.26. The molecule has 0 spiro atoms. The molecule has 0 fully saturated rings. The molecule has 4 nitrogen and oxygen atoms in total. The van der Waals surface area contributed by atoms with Crippen LogP contribution in [0.3, 0.4) is 0 Å². The van der Waals surface area contributed by atoms with Gasteiger partial charge in [0.25, 0.3) is 0 Å². The summed E-state index contributed by atoms with van der Waals surface area (Å²) in [4.78, 5) is 3.49. The summed E-state index contributed by atoms with van der Waals surface area (Å²) in [6.45, 7) is 12.3. The van der Waals surface area contributed by atoms with Crippen LogP contribution in [0, 0.1) is 17.9 Å². The van der Waals surface area contributed by atoms with Crippen molar-refractivity contribution in [2.24, 2.45) is 0 Å². The van der Waals surface area contributed by atoms with Gasteiger partial charge in [-0.3, -0.25) is 0 Å². The summed E-state index contributed by atoms with van der Waals surface area (Å²) in [6, 6.07) is 10.7. The third kappa shape index (κ3) is 2.19. The number of rotatable bonds is 2. The number of hydrogen-bond acceptors (Lipinski definition) is 1. The largest absolute Gasteiger partial charge is 0.406 e. The minimum absolute atomic E-state index is 0.128. The van der Waals surface area contributed by atoms with Crippen LogP contribution in [0.4, 0.5) is 0 Å². The Bertz CT molecular complexity index is 1100. The zero-order valence-electron chi connectivity index (χ0n) is 14.3. The van der Waals surface area contributed by atoms with Crippen LogP contribution >= 0.6 is 0 Å². The third-order valence-corrected chi connectivity index (χ3v) is 5.11. The monoisotopic (exact) mass is 326 g/mol. The maximum atomic E-state index is 8.92. The van der Waals surface area contributed by atoms with E-state index in [2.05, 4.69) is 55.2 Å². The highest BCUT2D eigenvalue weighted by Crippen LogP contribution is 2.50. The van der Waals surface area contributed by atoms with Crippen molar-refractivity contribution in [3.63, 3.8) is 0 Å². The molecule has 0 amide bonds. The summed E-state index contributed by atoms with van der Waals surface area (Å²) in [7, 11) is 0. The second-order valence-electron chi connectivity index (χ2n) is 6.98. The second kappa shape index (κ2) is 5.40. The molecule has 0 saturated heterocycles. The summed E-state index contributed by atoms with van der Waals surface area (Å²) in [5.74, 6) is 0. The Labute approximate surface area is 147 Å². The fourth-order valence-electron chi connectivity index (χ4n) is 3.97. The second-order valence-corrected chi connectivity index (χ2v) is 6.98. The SMILES string of the molecule is [C-]#[N+]C[n+]1ccc2c(c1)C(C)(C)c1c-2ccc2c[n+](CC#N)ccc12. The molecule has 0 atom stereocenters. The van der Waals surface area contributed by atoms with Crippen molar-refractivity contribution < 1.29 is 9.13 Å². The standard InChI is InChI=1S/C21H18N4/c1-21(2)19-13-25(14-23-3)10-7-17(19)18-5-4-15-12-24(11-8-22)9-6-16(15)20(18)21/h4-7,9-10,12-13H,11,14H2,1-2H3/q+2. The first kappa shape index (κ1) is 15.3. The third-order valence-electron chi connectivity index (χ3n) is 5.11. The van der Waals surface area contributed by atoms with E-state index in [9.17, 15) is 0 Å². The van der Waals surface area contributed by atoms with Gasteiger partial charge in [-0.1, -0.05) is 19.9 Å². The van der Waals surface area contributed by atoms with Crippen LogP contribution < -0.4 is 9.13 Å². The van der Waals surface area contributed by atoms with E-state index in [0.29, 0.717) is 13.2 Å². The van der Waals surface area contributed by atoms with Crippen LogP contribution in [0.25, 0.3) is 26.7 Å². The van der Waals surface area contributed by atoms with Crippen molar-refractivity contribution in [3.05, 3.63) is 71.6 Å². The molecule has 0 aliphatic heterocycles. The first-order chi connectivity index (χ1) is 12.1. The van der Waals surface area contributed by atoms with E-state index in [-0.39, 0.29) is 5.41 Å². The number of pyridine rings is 2. The van der Waals surface area contributed by atoms with E-state index in [1.165, 1.54) is 27.6 Å². The van der Waals surface area contributed by atoms with E-state index in [4.69, 9.17) is 11.8 Å². The van der Waals surface area contributed by atoms with Gasteiger partial charge in [0.05, 0.1) is 0 Å². The molecular formula is C21H18N4+2. The van der Waals surface area contributed by atoms with Gasteiger partial charge in [-0.15, -0.1) is 4.57 Å². The van der Waals surface area contributed by atoms with Gasteiger partial charge in [0.2, 0.25) is 6.54 Å².